The molecule has 1 aliphatic heterocycles. The van der Waals surface area contributed by atoms with E-state index < -0.39 is 0 Å². The normalized spacial score (nSPS) is 13.6. The third-order valence-electron chi connectivity index (χ3n) is 5.68. The van der Waals surface area contributed by atoms with Crippen LogP contribution >= 0.6 is 0 Å². The van der Waals surface area contributed by atoms with Crippen molar-refractivity contribution < 1.29 is 14.3 Å². The van der Waals surface area contributed by atoms with Crippen molar-refractivity contribution in [3.05, 3.63) is 101 Å². The second-order valence-corrected chi connectivity index (χ2v) is 7.67. The molecule has 158 valence electrons. The van der Waals surface area contributed by atoms with Gasteiger partial charge >= 0.3 is 0 Å². The number of nitrogens with one attached hydrogen (secondary N) is 1. The number of amides is 2. The lowest BCUT2D eigenvalue weighted by Gasteiger charge is -2.28. The number of rotatable bonds is 8. The molecule has 31 heavy (non-hydrogen) atoms. The van der Waals surface area contributed by atoms with Gasteiger partial charge in [-0.15, -0.1) is 0 Å². The van der Waals surface area contributed by atoms with Crippen molar-refractivity contribution in [1.82, 2.24) is 10.2 Å². The van der Waals surface area contributed by atoms with Gasteiger partial charge in [0.2, 0.25) is 5.91 Å². The maximum atomic E-state index is 13.1. The van der Waals surface area contributed by atoms with Crippen molar-refractivity contribution >= 4 is 11.8 Å². The molecule has 0 radical (unpaired) electrons. The standard InChI is InChI=1S/C26H26N2O3/c1-31-22-13-11-20(12-14-22)24(28-18-21-9-5-6-10-23(21)26(28)30)17-25(29)27-16-15-19-7-3-2-4-8-19/h2-14,24H,15-18H2,1H3,(H,27,29)/t24-/m0/s1. The average molecular weight is 415 g/mol. The summed E-state index contributed by atoms with van der Waals surface area (Å²) < 4.78 is 5.26. The number of carbonyl (C=O) groups is 2. The van der Waals surface area contributed by atoms with E-state index in [1.54, 1.807) is 12.0 Å². The Balaban J connectivity index is 1.49. The highest BCUT2D eigenvalue weighted by Crippen LogP contribution is 2.34. The number of carbonyl (C=O) groups excluding carboxylic acids is 2. The highest BCUT2D eigenvalue weighted by atomic mass is 16.5. The molecule has 0 aromatic heterocycles. The molecular formula is C26H26N2O3. The van der Waals surface area contributed by atoms with E-state index in [0.29, 0.717) is 18.7 Å². The summed E-state index contributed by atoms with van der Waals surface area (Å²) in [5.41, 5.74) is 3.81. The van der Waals surface area contributed by atoms with Crippen LogP contribution in [0.3, 0.4) is 0 Å². The molecule has 4 rings (SSSR count). The lowest BCUT2D eigenvalue weighted by atomic mass is 10.0. The Morgan fingerprint density at radius 3 is 2.42 bits per heavy atom. The molecule has 0 saturated carbocycles. The number of methoxy groups -OCH3 is 1. The maximum Gasteiger partial charge on any atom is 0.255 e. The van der Waals surface area contributed by atoms with Crippen LogP contribution in [-0.4, -0.2) is 30.4 Å². The fourth-order valence-electron chi connectivity index (χ4n) is 4.00. The van der Waals surface area contributed by atoms with E-state index in [2.05, 4.69) is 5.32 Å². The number of nitrogens with zero attached hydrogens (tertiary/aromatic N) is 1. The molecule has 1 atom stereocenters. The summed E-state index contributed by atoms with van der Waals surface area (Å²) in [5.74, 6) is 0.639. The first-order valence-electron chi connectivity index (χ1n) is 10.5. The van der Waals surface area contributed by atoms with Gasteiger partial charge in [0.05, 0.1) is 19.6 Å². The molecule has 1 aliphatic rings. The first-order valence-corrected chi connectivity index (χ1v) is 10.5. The van der Waals surface area contributed by atoms with Gasteiger partial charge in [-0.3, -0.25) is 9.59 Å². The van der Waals surface area contributed by atoms with E-state index in [0.717, 1.165) is 23.3 Å². The van der Waals surface area contributed by atoms with E-state index in [9.17, 15) is 9.59 Å². The monoisotopic (exact) mass is 414 g/mol. The highest BCUT2D eigenvalue weighted by Gasteiger charge is 2.34. The highest BCUT2D eigenvalue weighted by molar-refractivity contribution is 5.98. The van der Waals surface area contributed by atoms with Crippen LogP contribution in [0.25, 0.3) is 0 Å². The van der Waals surface area contributed by atoms with Gasteiger partial charge in [0.1, 0.15) is 5.75 Å². The molecule has 1 heterocycles. The van der Waals surface area contributed by atoms with Crippen molar-refractivity contribution in [3.63, 3.8) is 0 Å². The van der Waals surface area contributed by atoms with Crippen molar-refractivity contribution in [2.45, 2.75) is 25.4 Å². The van der Waals surface area contributed by atoms with Gasteiger partial charge in [0, 0.05) is 18.7 Å². The lowest BCUT2D eigenvalue weighted by Crippen LogP contribution is -2.35. The van der Waals surface area contributed by atoms with Crippen LogP contribution < -0.4 is 10.1 Å². The smallest absolute Gasteiger partial charge is 0.255 e. The number of hydrogen-bond acceptors (Lipinski definition) is 3. The molecule has 0 saturated heterocycles. The second kappa shape index (κ2) is 9.47. The molecule has 5 nitrogen and oxygen atoms in total. The third-order valence-corrected chi connectivity index (χ3v) is 5.68. The first-order chi connectivity index (χ1) is 15.2. The van der Waals surface area contributed by atoms with Crippen LogP contribution in [0.15, 0.2) is 78.9 Å². The van der Waals surface area contributed by atoms with Gasteiger partial charge in [0.25, 0.3) is 5.91 Å². The lowest BCUT2D eigenvalue weighted by molar-refractivity contribution is -0.122. The molecule has 5 heteroatoms. The van der Waals surface area contributed by atoms with Gasteiger partial charge in [-0.1, -0.05) is 60.7 Å². The average Bonchev–Trinajstić information content (AvgIpc) is 3.15. The number of hydrogen-bond donors (Lipinski definition) is 1. The van der Waals surface area contributed by atoms with E-state index in [4.69, 9.17) is 4.74 Å². The molecule has 1 N–H and O–H groups in total. The van der Waals surface area contributed by atoms with Crippen LogP contribution in [0.1, 0.15) is 39.5 Å². The Hall–Kier alpha value is -3.60. The van der Waals surface area contributed by atoms with Crippen LogP contribution in [-0.2, 0) is 17.8 Å². The summed E-state index contributed by atoms with van der Waals surface area (Å²) in [6.07, 6.45) is 0.981. The Bertz CT molecular complexity index is 1050. The summed E-state index contributed by atoms with van der Waals surface area (Å²) in [7, 11) is 1.62. The summed E-state index contributed by atoms with van der Waals surface area (Å²) in [6.45, 7) is 1.06. The zero-order valence-corrected chi connectivity index (χ0v) is 17.6. The van der Waals surface area contributed by atoms with Crippen molar-refractivity contribution in [3.8, 4) is 5.75 Å². The van der Waals surface area contributed by atoms with Gasteiger partial charge < -0.3 is 15.0 Å². The van der Waals surface area contributed by atoms with Gasteiger partial charge in [-0.25, -0.2) is 0 Å². The SMILES string of the molecule is COc1ccc([C@H](CC(=O)NCCc2ccccc2)N2Cc3ccccc3C2=O)cc1. The first kappa shape index (κ1) is 20.7. The fraction of sp³-hybridized carbons (Fsp3) is 0.231. The van der Waals surface area contributed by atoms with Crippen LogP contribution in [0, 0.1) is 0 Å². The summed E-state index contributed by atoms with van der Waals surface area (Å²) in [6, 6.07) is 24.9. The minimum absolute atomic E-state index is 0.0338. The van der Waals surface area contributed by atoms with Crippen molar-refractivity contribution in [2.24, 2.45) is 0 Å². The summed E-state index contributed by atoms with van der Waals surface area (Å²) in [4.78, 5) is 27.7. The van der Waals surface area contributed by atoms with Gasteiger partial charge in [-0.2, -0.15) is 0 Å². The van der Waals surface area contributed by atoms with Crippen LogP contribution in [0.2, 0.25) is 0 Å². The molecule has 3 aromatic carbocycles. The molecule has 2 amide bonds. The molecule has 0 unspecified atom stereocenters. The maximum absolute atomic E-state index is 13.1. The Morgan fingerprint density at radius 2 is 1.71 bits per heavy atom. The largest absolute Gasteiger partial charge is 0.497 e. The molecule has 0 fully saturated rings. The van der Waals surface area contributed by atoms with Crippen molar-refractivity contribution in [1.29, 1.82) is 0 Å². The number of ether oxygens (including phenoxy) is 1. The summed E-state index contributed by atoms with van der Waals surface area (Å²) >= 11 is 0. The molecule has 0 spiro atoms. The van der Waals surface area contributed by atoms with E-state index in [1.165, 1.54) is 5.56 Å². The minimum atomic E-state index is -0.345. The van der Waals surface area contributed by atoms with Gasteiger partial charge in [-0.05, 0) is 41.3 Å². The summed E-state index contributed by atoms with van der Waals surface area (Å²) in [5, 5.41) is 3.01. The Labute approximate surface area is 182 Å². The second-order valence-electron chi connectivity index (χ2n) is 7.67. The van der Waals surface area contributed by atoms with E-state index in [1.807, 2.05) is 78.9 Å². The Morgan fingerprint density at radius 1 is 1.00 bits per heavy atom. The number of fused-ring (bicyclic) bond motifs is 1. The minimum Gasteiger partial charge on any atom is -0.497 e. The zero-order valence-electron chi connectivity index (χ0n) is 17.6. The fourth-order valence-corrected chi connectivity index (χ4v) is 4.00. The molecular weight excluding hydrogens is 388 g/mol. The van der Waals surface area contributed by atoms with Gasteiger partial charge in [0.15, 0.2) is 0 Å². The van der Waals surface area contributed by atoms with Crippen LogP contribution in [0.5, 0.6) is 5.75 Å². The number of benzene rings is 3. The molecule has 3 aromatic rings. The van der Waals surface area contributed by atoms with Crippen molar-refractivity contribution in [2.75, 3.05) is 13.7 Å². The van der Waals surface area contributed by atoms with E-state index in [-0.39, 0.29) is 24.3 Å². The molecule has 0 aliphatic carbocycles. The quantitative estimate of drug-likeness (QED) is 0.603. The molecule has 0 bridgehead atoms. The predicted octanol–water partition coefficient (Wildman–Crippen LogP) is 4.14. The zero-order chi connectivity index (χ0) is 21.6. The van der Waals surface area contributed by atoms with Crippen LogP contribution in [0.4, 0.5) is 0 Å². The topological polar surface area (TPSA) is 58.6 Å². The Kier molecular flexibility index (Phi) is 6.32. The van der Waals surface area contributed by atoms with E-state index >= 15 is 0 Å². The predicted molar refractivity (Wildman–Crippen MR) is 120 cm³/mol. The third kappa shape index (κ3) is 4.77.